The van der Waals surface area contributed by atoms with E-state index in [0.29, 0.717) is 13.1 Å². The second kappa shape index (κ2) is 7.77. The van der Waals surface area contributed by atoms with Crippen molar-refractivity contribution in [1.29, 1.82) is 0 Å². The maximum absolute atomic E-state index is 13.0. The van der Waals surface area contributed by atoms with E-state index in [0.717, 1.165) is 36.3 Å². The van der Waals surface area contributed by atoms with E-state index < -0.39 is 0 Å². The molecule has 1 N–H and O–H groups in total. The molecule has 1 fully saturated rings. The Labute approximate surface area is 153 Å². The lowest BCUT2D eigenvalue weighted by Crippen LogP contribution is -2.44. The van der Waals surface area contributed by atoms with Gasteiger partial charge < -0.3 is 15.0 Å². The molecule has 3 rings (SSSR count). The van der Waals surface area contributed by atoms with E-state index in [1.165, 1.54) is 23.3 Å². The average Bonchev–Trinajstić information content (AvgIpc) is 2.99. The van der Waals surface area contributed by atoms with Crippen LogP contribution in [0.4, 0.5) is 0 Å². The maximum Gasteiger partial charge on any atom is 0.267 e. The van der Waals surface area contributed by atoms with Crippen molar-refractivity contribution in [2.45, 2.75) is 58.4 Å². The number of rotatable bonds is 4. The minimum Gasteiger partial charge on any atom is -0.495 e. The summed E-state index contributed by atoms with van der Waals surface area (Å²) < 4.78 is 5.60. The van der Waals surface area contributed by atoms with Gasteiger partial charge >= 0.3 is 0 Å². The number of ether oxygens (including phenoxy) is 1. The number of amides is 2. The number of likely N-dealkylation sites (tertiary alicyclic amines) is 1. The number of fused-ring (bicyclic) bond motifs is 1. The largest absolute Gasteiger partial charge is 0.495 e. The first-order chi connectivity index (χ1) is 12.0. The molecule has 1 aromatic rings. The van der Waals surface area contributed by atoms with Crippen molar-refractivity contribution >= 4 is 23.2 Å². The summed E-state index contributed by atoms with van der Waals surface area (Å²) in [5.74, 6) is 1.000. The Morgan fingerprint density at radius 3 is 2.52 bits per heavy atom. The maximum atomic E-state index is 13.0. The van der Waals surface area contributed by atoms with Gasteiger partial charge in [0.05, 0.1) is 7.11 Å². The highest BCUT2D eigenvalue weighted by molar-refractivity contribution is 7.14. The topological polar surface area (TPSA) is 58.6 Å². The number of carbonyl (C=O) groups excluding carboxylic acids is 2. The zero-order valence-corrected chi connectivity index (χ0v) is 16.2. The van der Waals surface area contributed by atoms with Crippen molar-refractivity contribution in [2.75, 3.05) is 20.2 Å². The molecule has 0 atom stereocenters. The quantitative estimate of drug-likeness (QED) is 0.893. The van der Waals surface area contributed by atoms with Gasteiger partial charge in [-0.25, -0.2) is 0 Å². The summed E-state index contributed by atoms with van der Waals surface area (Å²) in [6.07, 6.45) is 5.90. The summed E-state index contributed by atoms with van der Waals surface area (Å²) in [7, 11) is 1.66. The highest BCUT2D eigenvalue weighted by Crippen LogP contribution is 2.40. The van der Waals surface area contributed by atoms with E-state index >= 15 is 0 Å². The van der Waals surface area contributed by atoms with Crippen molar-refractivity contribution in [1.82, 2.24) is 10.2 Å². The highest BCUT2D eigenvalue weighted by atomic mass is 32.1. The van der Waals surface area contributed by atoms with Crippen LogP contribution >= 0.6 is 11.3 Å². The Kier molecular flexibility index (Phi) is 5.67. The van der Waals surface area contributed by atoms with Gasteiger partial charge in [-0.05, 0) is 52.4 Å². The predicted molar refractivity (Wildman–Crippen MR) is 99.4 cm³/mol. The van der Waals surface area contributed by atoms with Gasteiger partial charge in [-0.3, -0.25) is 9.59 Å². The van der Waals surface area contributed by atoms with Crippen LogP contribution in [-0.4, -0.2) is 43.0 Å². The van der Waals surface area contributed by atoms with Gasteiger partial charge in [0.25, 0.3) is 5.91 Å². The van der Waals surface area contributed by atoms with Crippen LogP contribution in [0.15, 0.2) is 0 Å². The normalized spacial score (nSPS) is 18.2. The number of nitrogens with zero attached hydrogens (tertiary/aromatic N) is 1. The fraction of sp³-hybridized carbons (Fsp3) is 0.684. The van der Waals surface area contributed by atoms with Gasteiger partial charge in [-0.2, -0.15) is 0 Å². The third kappa shape index (κ3) is 3.84. The second-order valence-corrected chi connectivity index (χ2v) is 8.41. The number of hydrogen-bond donors (Lipinski definition) is 1. The summed E-state index contributed by atoms with van der Waals surface area (Å²) in [5, 5.41) is 2.98. The van der Waals surface area contributed by atoms with Crippen molar-refractivity contribution in [3.63, 3.8) is 0 Å². The Morgan fingerprint density at radius 1 is 1.20 bits per heavy atom. The lowest BCUT2D eigenvalue weighted by Gasteiger charge is -2.31. The van der Waals surface area contributed by atoms with Crippen LogP contribution in [0.1, 0.15) is 59.6 Å². The lowest BCUT2D eigenvalue weighted by atomic mass is 9.95. The molecule has 2 heterocycles. The fourth-order valence-corrected chi connectivity index (χ4v) is 5.11. The molecular formula is C19H28N2O3S. The van der Waals surface area contributed by atoms with Gasteiger partial charge in [0.2, 0.25) is 5.91 Å². The van der Waals surface area contributed by atoms with Gasteiger partial charge in [0, 0.05) is 35.5 Å². The molecule has 0 spiro atoms. The molecule has 138 valence electrons. The Morgan fingerprint density at radius 2 is 1.88 bits per heavy atom. The molecule has 0 saturated carbocycles. The van der Waals surface area contributed by atoms with E-state index in [4.69, 9.17) is 4.74 Å². The Bertz CT molecular complexity index is 645. The lowest BCUT2D eigenvalue weighted by molar-refractivity contribution is -0.126. The zero-order chi connectivity index (χ0) is 18.0. The highest BCUT2D eigenvalue weighted by Gasteiger charge is 2.32. The molecule has 5 nitrogen and oxygen atoms in total. The minimum atomic E-state index is 0.0184. The Hall–Kier alpha value is -1.56. The third-order valence-corrected chi connectivity index (χ3v) is 6.37. The van der Waals surface area contributed by atoms with Crippen LogP contribution in [0.3, 0.4) is 0 Å². The number of thiophene rings is 1. The first-order valence-corrected chi connectivity index (χ1v) is 10.1. The van der Waals surface area contributed by atoms with E-state index in [9.17, 15) is 9.59 Å². The van der Waals surface area contributed by atoms with Crippen molar-refractivity contribution in [2.24, 2.45) is 5.92 Å². The third-order valence-electron chi connectivity index (χ3n) is 5.11. The molecular weight excluding hydrogens is 336 g/mol. The molecule has 25 heavy (non-hydrogen) atoms. The first-order valence-electron chi connectivity index (χ1n) is 9.29. The van der Waals surface area contributed by atoms with Crippen molar-refractivity contribution < 1.29 is 14.3 Å². The molecule has 1 saturated heterocycles. The van der Waals surface area contributed by atoms with Crippen LogP contribution < -0.4 is 10.1 Å². The van der Waals surface area contributed by atoms with E-state index in [-0.39, 0.29) is 23.8 Å². The summed E-state index contributed by atoms with van der Waals surface area (Å²) in [6.45, 7) is 5.23. The van der Waals surface area contributed by atoms with Crippen molar-refractivity contribution in [3.8, 4) is 5.75 Å². The second-order valence-electron chi connectivity index (χ2n) is 7.30. The molecule has 0 bridgehead atoms. The number of hydrogen-bond acceptors (Lipinski definition) is 4. The van der Waals surface area contributed by atoms with Crippen LogP contribution in [0, 0.1) is 5.92 Å². The van der Waals surface area contributed by atoms with E-state index in [1.54, 1.807) is 18.4 Å². The van der Waals surface area contributed by atoms with E-state index in [1.807, 2.05) is 18.7 Å². The molecule has 0 radical (unpaired) electrons. The monoisotopic (exact) mass is 364 g/mol. The average molecular weight is 365 g/mol. The zero-order valence-electron chi connectivity index (χ0n) is 15.4. The first kappa shape index (κ1) is 18.2. The number of piperidine rings is 1. The molecule has 0 unspecified atom stereocenters. The SMILES string of the molecule is COc1c(C(=O)N2CCC(C(=O)NC(C)C)CC2)sc2c1CCCC2. The van der Waals surface area contributed by atoms with Gasteiger partial charge in [-0.1, -0.05) is 0 Å². The molecule has 1 aliphatic heterocycles. The van der Waals surface area contributed by atoms with Crippen LogP contribution in [-0.2, 0) is 17.6 Å². The minimum absolute atomic E-state index is 0.0184. The number of methoxy groups -OCH3 is 1. The summed E-state index contributed by atoms with van der Waals surface area (Å²) >= 11 is 1.61. The molecule has 2 aliphatic rings. The molecule has 1 aliphatic carbocycles. The summed E-state index contributed by atoms with van der Waals surface area (Å²) in [6, 6.07) is 0.161. The van der Waals surface area contributed by atoms with Gasteiger partial charge in [0.1, 0.15) is 10.6 Å². The summed E-state index contributed by atoms with van der Waals surface area (Å²) in [4.78, 5) is 29.1. The predicted octanol–water partition coefficient (Wildman–Crippen LogP) is 3.01. The molecule has 6 heteroatoms. The smallest absolute Gasteiger partial charge is 0.267 e. The van der Waals surface area contributed by atoms with E-state index in [2.05, 4.69) is 5.32 Å². The standard InChI is InChI=1S/C19H28N2O3S/c1-12(2)20-18(22)13-8-10-21(11-9-13)19(23)17-16(24-3)14-6-4-5-7-15(14)25-17/h12-13H,4-11H2,1-3H3,(H,20,22). The van der Waals surface area contributed by atoms with Crippen LogP contribution in [0.2, 0.25) is 0 Å². The Balaban J connectivity index is 1.67. The van der Waals surface area contributed by atoms with Gasteiger partial charge in [0.15, 0.2) is 0 Å². The molecule has 2 amide bonds. The fourth-order valence-electron chi connectivity index (χ4n) is 3.78. The number of aryl methyl sites for hydroxylation is 1. The summed E-state index contributed by atoms with van der Waals surface area (Å²) in [5.41, 5.74) is 1.24. The number of nitrogens with one attached hydrogen (secondary N) is 1. The van der Waals surface area contributed by atoms with Crippen molar-refractivity contribution in [3.05, 3.63) is 15.3 Å². The van der Waals surface area contributed by atoms with Gasteiger partial charge in [-0.15, -0.1) is 11.3 Å². The molecule has 1 aromatic heterocycles. The van der Waals surface area contributed by atoms with Crippen LogP contribution in [0.5, 0.6) is 5.75 Å². The van der Waals surface area contributed by atoms with Crippen LogP contribution in [0.25, 0.3) is 0 Å². The number of carbonyl (C=O) groups is 2. The molecule has 0 aromatic carbocycles.